The summed E-state index contributed by atoms with van der Waals surface area (Å²) in [6, 6.07) is 24.4. The van der Waals surface area contributed by atoms with E-state index in [2.05, 4.69) is 45.6 Å². The molecule has 2 N–H and O–H groups in total. The lowest BCUT2D eigenvalue weighted by molar-refractivity contribution is 0.0790. The maximum absolute atomic E-state index is 13.0. The molecule has 3 aromatic carbocycles. The third-order valence-electron chi connectivity index (χ3n) is 6.02. The lowest BCUT2D eigenvalue weighted by Crippen LogP contribution is -2.33. The number of nitrogens with zero attached hydrogens (tertiary/aromatic N) is 2. The van der Waals surface area contributed by atoms with Gasteiger partial charge in [0.1, 0.15) is 5.69 Å². The van der Waals surface area contributed by atoms with Gasteiger partial charge in [0.05, 0.1) is 5.52 Å². The molecule has 0 unspecified atom stereocenters. The highest BCUT2D eigenvalue weighted by Gasteiger charge is 2.26. The molecule has 1 aromatic heterocycles. The number of aromatic nitrogens is 2. The summed E-state index contributed by atoms with van der Waals surface area (Å²) in [5.41, 5.74) is 5.34. The number of likely N-dealkylation sites (N-methyl/N-ethyl adjacent to an activating group) is 1. The highest BCUT2D eigenvalue weighted by Crippen LogP contribution is 2.24. The van der Waals surface area contributed by atoms with E-state index in [1.54, 1.807) is 0 Å². The van der Waals surface area contributed by atoms with Crippen molar-refractivity contribution in [3.63, 3.8) is 0 Å². The van der Waals surface area contributed by atoms with Gasteiger partial charge in [0.2, 0.25) is 0 Å². The van der Waals surface area contributed by atoms with Crippen molar-refractivity contribution < 1.29 is 4.79 Å². The molecule has 1 atom stereocenters. The number of amides is 1. The van der Waals surface area contributed by atoms with Crippen molar-refractivity contribution in [3.8, 4) is 23.0 Å². The molecule has 32 heavy (non-hydrogen) atoms. The second kappa shape index (κ2) is 8.70. The largest absolute Gasteiger partial charge is 0.337 e. The lowest BCUT2D eigenvalue weighted by Gasteiger charge is -2.16. The fourth-order valence-corrected chi connectivity index (χ4v) is 4.19. The van der Waals surface area contributed by atoms with Crippen LogP contribution in [0.2, 0.25) is 0 Å². The van der Waals surface area contributed by atoms with Crippen molar-refractivity contribution in [1.29, 1.82) is 0 Å². The zero-order chi connectivity index (χ0) is 21.9. The van der Waals surface area contributed by atoms with Crippen LogP contribution in [0, 0.1) is 11.8 Å². The predicted molar refractivity (Wildman–Crippen MR) is 127 cm³/mol. The average Bonchev–Trinajstić information content (AvgIpc) is 3.50. The lowest BCUT2D eigenvalue weighted by atomic mass is 10.00. The Labute approximate surface area is 187 Å². The number of nitrogens with one attached hydrogen (secondary N) is 2. The second-order valence-corrected chi connectivity index (χ2v) is 8.02. The molecule has 0 spiro atoms. The van der Waals surface area contributed by atoms with E-state index in [-0.39, 0.29) is 5.91 Å². The number of rotatable bonds is 3. The van der Waals surface area contributed by atoms with Crippen molar-refractivity contribution in [2.75, 3.05) is 20.1 Å². The van der Waals surface area contributed by atoms with E-state index in [0.29, 0.717) is 17.3 Å². The van der Waals surface area contributed by atoms with E-state index in [9.17, 15) is 4.79 Å². The number of hydrogen-bond donors (Lipinski definition) is 2. The van der Waals surface area contributed by atoms with Crippen LogP contribution in [0.3, 0.4) is 0 Å². The molecular formula is C27H24N4O. The Hall–Kier alpha value is -3.88. The molecule has 5 rings (SSSR count). The first kappa shape index (κ1) is 20.0. The summed E-state index contributed by atoms with van der Waals surface area (Å²) in [5.74, 6) is 6.56. The highest BCUT2D eigenvalue weighted by molar-refractivity contribution is 5.99. The summed E-state index contributed by atoms with van der Waals surface area (Å²) in [5, 5.41) is 11.6. The maximum atomic E-state index is 13.0. The van der Waals surface area contributed by atoms with Crippen LogP contribution in [0.5, 0.6) is 0 Å². The smallest absolute Gasteiger partial charge is 0.253 e. The van der Waals surface area contributed by atoms with E-state index in [0.717, 1.165) is 47.1 Å². The van der Waals surface area contributed by atoms with Crippen LogP contribution < -0.4 is 5.32 Å². The molecule has 0 radical (unpaired) electrons. The van der Waals surface area contributed by atoms with Crippen LogP contribution in [-0.2, 0) is 0 Å². The summed E-state index contributed by atoms with van der Waals surface area (Å²) in [7, 11) is 1.94. The van der Waals surface area contributed by atoms with Crippen molar-refractivity contribution in [3.05, 3.63) is 89.6 Å². The molecule has 0 bridgehead atoms. The van der Waals surface area contributed by atoms with Gasteiger partial charge < -0.3 is 10.2 Å². The zero-order valence-electron chi connectivity index (χ0n) is 17.9. The third-order valence-corrected chi connectivity index (χ3v) is 6.02. The van der Waals surface area contributed by atoms with Crippen molar-refractivity contribution in [2.24, 2.45) is 0 Å². The Kier molecular flexibility index (Phi) is 5.45. The summed E-state index contributed by atoms with van der Waals surface area (Å²) >= 11 is 0. The number of H-pyrrole nitrogens is 1. The molecule has 1 saturated heterocycles. The zero-order valence-corrected chi connectivity index (χ0v) is 17.9. The Bertz CT molecular complexity index is 1330. The summed E-state index contributed by atoms with van der Waals surface area (Å²) in [4.78, 5) is 14.9. The second-order valence-electron chi connectivity index (χ2n) is 8.02. The number of carbonyl (C=O) groups is 1. The molecule has 1 amide bonds. The predicted octanol–water partition coefficient (Wildman–Crippen LogP) is 4.06. The van der Waals surface area contributed by atoms with Gasteiger partial charge >= 0.3 is 0 Å². The molecule has 2 heterocycles. The molecule has 1 aliphatic rings. The van der Waals surface area contributed by atoms with Gasteiger partial charge in [0, 0.05) is 35.6 Å². The topological polar surface area (TPSA) is 61.0 Å². The summed E-state index contributed by atoms with van der Waals surface area (Å²) in [6.45, 7) is 1.51. The Morgan fingerprint density at radius 1 is 1.06 bits per heavy atom. The van der Waals surface area contributed by atoms with Gasteiger partial charge in [-0.1, -0.05) is 54.5 Å². The van der Waals surface area contributed by atoms with E-state index >= 15 is 0 Å². The fraction of sp³-hybridized carbons (Fsp3) is 0.185. The van der Waals surface area contributed by atoms with E-state index in [1.807, 2.05) is 66.5 Å². The van der Waals surface area contributed by atoms with Crippen LogP contribution >= 0.6 is 0 Å². The Morgan fingerprint density at radius 3 is 2.69 bits per heavy atom. The Balaban J connectivity index is 1.47. The van der Waals surface area contributed by atoms with E-state index < -0.39 is 0 Å². The normalized spacial score (nSPS) is 15.5. The minimum Gasteiger partial charge on any atom is -0.337 e. The van der Waals surface area contributed by atoms with Crippen molar-refractivity contribution >= 4 is 16.8 Å². The first-order valence-corrected chi connectivity index (χ1v) is 10.8. The molecule has 1 fully saturated rings. The molecule has 5 heteroatoms. The van der Waals surface area contributed by atoms with E-state index in [1.165, 1.54) is 0 Å². The highest BCUT2D eigenvalue weighted by atomic mass is 16.2. The first-order valence-electron chi connectivity index (χ1n) is 10.8. The quantitative estimate of drug-likeness (QED) is 0.492. The van der Waals surface area contributed by atoms with Crippen LogP contribution in [0.4, 0.5) is 0 Å². The minimum atomic E-state index is 0.0548. The van der Waals surface area contributed by atoms with Crippen LogP contribution in [0.25, 0.3) is 22.0 Å². The van der Waals surface area contributed by atoms with Crippen LogP contribution in [0.15, 0.2) is 72.8 Å². The van der Waals surface area contributed by atoms with E-state index in [4.69, 9.17) is 0 Å². The third kappa shape index (κ3) is 3.89. The molecule has 0 saturated carbocycles. The Morgan fingerprint density at radius 2 is 1.88 bits per heavy atom. The number of fused-ring (bicyclic) bond motifs is 1. The number of likely N-dealkylation sites (tertiary alicyclic amines) is 1. The number of hydrogen-bond acceptors (Lipinski definition) is 3. The van der Waals surface area contributed by atoms with Gasteiger partial charge in [0.15, 0.2) is 0 Å². The average molecular weight is 421 g/mol. The first-order chi connectivity index (χ1) is 15.7. The van der Waals surface area contributed by atoms with Gasteiger partial charge in [-0.05, 0) is 54.8 Å². The summed E-state index contributed by atoms with van der Waals surface area (Å²) in [6.07, 6.45) is 0.980. The van der Waals surface area contributed by atoms with Crippen LogP contribution in [-0.4, -0.2) is 47.2 Å². The molecule has 5 nitrogen and oxygen atoms in total. The van der Waals surface area contributed by atoms with Crippen LogP contribution in [0.1, 0.15) is 28.0 Å². The van der Waals surface area contributed by atoms with Crippen molar-refractivity contribution in [1.82, 2.24) is 20.4 Å². The monoisotopic (exact) mass is 420 g/mol. The van der Waals surface area contributed by atoms with Gasteiger partial charge in [-0.2, -0.15) is 5.10 Å². The number of aromatic amines is 1. The molecular weight excluding hydrogens is 396 g/mol. The maximum Gasteiger partial charge on any atom is 0.253 e. The number of carbonyl (C=O) groups excluding carboxylic acids is 1. The minimum absolute atomic E-state index is 0.0548. The molecule has 1 aliphatic heterocycles. The van der Waals surface area contributed by atoms with Gasteiger partial charge in [-0.15, -0.1) is 0 Å². The summed E-state index contributed by atoms with van der Waals surface area (Å²) < 4.78 is 0. The van der Waals surface area contributed by atoms with Gasteiger partial charge in [0.25, 0.3) is 5.91 Å². The van der Waals surface area contributed by atoms with Gasteiger partial charge in [-0.25, -0.2) is 0 Å². The molecule has 0 aliphatic carbocycles. The van der Waals surface area contributed by atoms with Crippen molar-refractivity contribution in [2.45, 2.75) is 12.5 Å². The molecule has 158 valence electrons. The molecule has 4 aromatic rings. The standard InChI is InChI=1S/C27H24N4O/c1-28-22-15-16-31(18-22)27(32)21-12-14-26-24(17-21)25(29-30-26)13-11-20-9-5-6-10-23(20)19-7-3-2-4-8-19/h2-10,12,14,17,22,28H,15-16,18H2,1H3,(H,29,30)/t22-/m0/s1. The number of benzene rings is 3. The SMILES string of the molecule is CN[C@H]1CCN(C(=O)c2ccc3[nH]nc(C#Cc4ccccc4-c4ccccc4)c3c2)C1. The van der Waals surface area contributed by atoms with Gasteiger partial charge in [-0.3, -0.25) is 9.89 Å². The fourth-order valence-electron chi connectivity index (χ4n) is 4.19.